The Labute approximate surface area is 173 Å². The third kappa shape index (κ3) is 4.60. The molecule has 1 atom stereocenters. The van der Waals surface area contributed by atoms with Crippen molar-refractivity contribution in [2.75, 3.05) is 0 Å². The van der Waals surface area contributed by atoms with E-state index < -0.39 is 5.54 Å². The number of hydrogen-bond acceptors (Lipinski definition) is 4. The summed E-state index contributed by atoms with van der Waals surface area (Å²) in [6.07, 6.45) is 5.35. The van der Waals surface area contributed by atoms with Crippen LogP contribution in [-0.2, 0) is 20.9 Å². The Kier molecular flexibility index (Phi) is 6.56. The Morgan fingerprint density at radius 1 is 1.21 bits per heavy atom. The molecule has 1 aromatic rings. The maximum absolute atomic E-state index is 13.1. The predicted octanol–water partition coefficient (Wildman–Crippen LogP) is 4.57. The first kappa shape index (κ1) is 21.3. The van der Waals surface area contributed by atoms with Crippen LogP contribution in [0.3, 0.4) is 0 Å². The molecule has 1 amide bonds. The van der Waals surface area contributed by atoms with E-state index in [1.165, 1.54) is 6.42 Å². The molecular weight excluding hydrogens is 364 g/mol. The van der Waals surface area contributed by atoms with Crippen molar-refractivity contribution in [3.05, 3.63) is 47.0 Å². The molecule has 1 fully saturated rings. The fourth-order valence-corrected chi connectivity index (χ4v) is 4.06. The van der Waals surface area contributed by atoms with Gasteiger partial charge in [0, 0.05) is 11.1 Å². The van der Waals surface area contributed by atoms with Gasteiger partial charge in [-0.25, -0.2) is 4.79 Å². The van der Waals surface area contributed by atoms with Crippen LogP contribution in [0, 0.1) is 11.8 Å². The fraction of sp³-hybridized carbons (Fsp3) is 0.542. The lowest BCUT2D eigenvalue weighted by atomic mass is 9.81. The van der Waals surface area contributed by atoms with Crippen molar-refractivity contribution in [1.82, 2.24) is 5.32 Å². The largest absolute Gasteiger partial charge is 0.457 e. The molecule has 3 rings (SSSR count). The molecule has 0 aromatic heterocycles. The second kappa shape index (κ2) is 8.93. The van der Waals surface area contributed by atoms with Crippen molar-refractivity contribution < 1.29 is 14.3 Å². The third-order valence-corrected chi connectivity index (χ3v) is 6.37. The smallest absolute Gasteiger partial charge is 0.335 e. The van der Waals surface area contributed by atoms with E-state index in [-0.39, 0.29) is 30.3 Å². The number of ether oxygens (including phenoxy) is 1. The van der Waals surface area contributed by atoms with Crippen LogP contribution < -0.4 is 5.32 Å². The van der Waals surface area contributed by atoms with Gasteiger partial charge >= 0.3 is 5.97 Å². The quantitative estimate of drug-likeness (QED) is 0.566. The topological polar surface area (TPSA) is 67.8 Å². The zero-order valence-corrected chi connectivity index (χ0v) is 18.0. The molecule has 1 saturated carbocycles. The summed E-state index contributed by atoms with van der Waals surface area (Å²) >= 11 is 0. The van der Waals surface area contributed by atoms with Crippen LogP contribution in [0.4, 0.5) is 0 Å². The molecule has 0 bridgehead atoms. The van der Waals surface area contributed by atoms with Crippen LogP contribution in [0.1, 0.15) is 65.4 Å². The van der Waals surface area contributed by atoms with Gasteiger partial charge in [0.2, 0.25) is 0 Å². The zero-order chi connectivity index (χ0) is 21.0. The molecule has 1 unspecified atom stereocenters. The molecule has 2 aliphatic rings. The van der Waals surface area contributed by atoms with Crippen LogP contribution >= 0.6 is 0 Å². The summed E-state index contributed by atoms with van der Waals surface area (Å²) in [6, 6.07) is 9.69. The average molecular weight is 397 g/mol. The highest BCUT2D eigenvalue weighted by atomic mass is 16.5. The molecule has 1 aromatic carbocycles. The number of esters is 1. The molecule has 0 spiro atoms. The molecule has 5 nitrogen and oxygen atoms in total. The minimum Gasteiger partial charge on any atom is -0.457 e. The fourth-order valence-electron chi connectivity index (χ4n) is 4.06. The van der Waals surface area contributed by atoms with Crippen molar-refractivity contribution in [2.45, 2.75) is 71.9 Å². The molecule has 1 aliphatic heterocycles. The van der Waals surface area contributed by atoms with Gasteiger partial charge in [-0.3, -0.25) is 9.79 Å². The highest BCUT2D eigenvalue weighted by Gasteiger charge is 2.43. The van der Waals surface area contributed by atoms with E-state index in [4.69, 9.17) is 9.73 Å². The molecule has 1 N–H and O–H groups in total. The molecule has 0 radical (unpaired) electrons. The van der Waals surface area contributed by atoms with Crippen LogP contribution in [-0.4, -0.2) is 23.3 Å². The number of hydrogen-bond donors (Lipinski definition) is 1. The first-order valence-corrected chi connectivity index (χ1v) is 10.7. The molecule has 1 aliphatic carbocycles. The summed E-state index contributed by atoms with van der Waals surface area (Å²) in [5.74, 6) is 0.327. The van der Waals surface area contributed by atoms with Gasteiger partial charge in [0.1, 0.15) is 18.0 Å². The van der Waals surface area contributed by atoms with Gasteiger partial charge in [0.05, 0.1) is 0 Å². The zero-order valence-electron chi connectivity index (χ0n) is 18.0. The number of nitrogens with one attached hydrogen (secondary N) is 1. The summed E-state index contributed by atoms with van der Waals surface area (Å²) in [5, 5.41) is 2.92. The lowest BCUT2D eigenvalue weighted by Gasteiger charge is -2.25. The van der Waals surface area contributed by atoms with Crippen LogP contribution in [0.15, 0.2) is 46.5 Å². The van der Waals surface area contributed by atoms with E-state index in [0.29, 0.717) is 11.4 Å². The number of amidine groups is 1. The predicted molar refractivity (Wildman–Crippen MR) is 114 cm³/mol. The van der Waals surface area contributed by atoms with E-state index in [1.54, 1.807) is 0 Å². The number of nitrogens with zero attached hydrogens (tertiary/aromatic N) is 1. The van der Waals surface area contributed by atoms with Crippen LogP contribution in [0.25, 0.3) is 0 Å². The number of amides is 1. The number of aliphatic imine (C=N–C) groups is 1. The van der Waals surface area contributed by atoms with Crippen molar-refractivity contribution in [2.24, 2.45) is 16.8 Å². The number of carbonyl (C=O) groups excluding carboxylic acids is 2. The van der Waals surface area contributed by atoms with E-state index in [2.05, 4.69) is 5.32 Å². The normalized spacial score (nSPS) is 23.5. The summed E-state index contributed by atoms with van der Waals surface area (Å²) in [5.41, 5.74) is 1.57. The maximum atomic E-state index is 13.1. The van der Waals surface area contributed by atoms with Gasteiger partial charge in [0.15, 0.2) is 0 Å². The average Bonchev–Trinajstić information content (AvgIpc) is 3.04. The second-order valence-corrected chi connectivity index (χ2v) is 8.65. The monoisotopic (exact) mass is 396 g/mol. The van der Waals surface area contributed by atoms with Crippen LogP contribution in [0.5, 0.6) is 0 Å². The number of carbonyl (C=O) groups is 2. The number of rotatable bonds is 6. The minimum atomic E-state index is -0.803. The lowest BCUT2D eigenvalue weighted by molar-refractivity contribution is -0.141. The SMILES string of the molecule is CC(C1=NC(C)(C(C)C)C(=O)N1)=C(C(=O)OCc1ccccc1)C1CCCCC1. The Hall–Kier alpha value is -2.43. The van der Waals surface area contributed by atoms with Crippen molar-refractivity contribution in [3.8, 4) is 0 Å². The first-order chi connectivity index (χ1) is 13.8. The van der Waals surface area contributed by atoms with E-state index in [1.807, 2.05) is 58.0 Å². The second-order valence-electron chi connectivity index (χ2n) is 8.65. The Morgan fingerprint density at radius 2 is 1.86 bits per heavy atom. The lowest BCUT2D eigenvalue weighted by Crippen LogP contribution is -2.41. The van der Waals surface area contributed by atoms with Gasteiger partial charge in [-0.15, -0.1) is 0 Å². The van der Waals surface area contributed by atoms with Gasteiger partial charge in [-0.05, 0) is 44.1 Å². The highest BCUT2D eigenvalue weighted by Crippen LogP contribution is 2.34. The number of benzene rings is 1. The Bertz CT molecular complexity index is 820. The Balaban J connectivity index is 1.90. The first-order valence-electron chi connectivity index (χ1n) is 10.7. The molecule has 5 heteroatoms. The summed E-state index contributed by atoms with van der Waals surface area (Å²) in [4.78, 5) is 30.4. The van der Waals surface area contributed by atoms with Gasteiger partial charge in [0.25, 0.3) is 5.91 Å². The van der Waals surface area contributed by atoms with E-state index >= 15 is 0 Å². The van der Waals surface area contributed by atoms with Crippen molar-refractivity contribution in [1.29, 1.82) is 0 Å². The van der Waals surface area contributed by atoms with E-state index in [0.717, 1.165) is 36.8 Å². The summed E-state index contributed by atoms with van der Waals surface area (Å²) in [6.45, 7) is 7.95. The van der Waals surface area contributed by atoms with Crippen molar-refractivity contribution >= 4 is 17.7 Å². The maximum Gasteiger partial charge on any atom is 0.335 e. The van der Waals surface area contributed by atoms with Crippen LogP contribution in [0.2, 0.25) is 0 Å². The summed E-state index contributed by atoms with van der Waals surface area (Å²) in [7, 11) is 0. The van der Waals surface area contributed by atoms with Gasteiger partial charge < -0.3 is 10.1 Å². The third-order valence-electron chi connectivity index (χ3n) is 6.37. The standard InChI is InChI=1S/C24H32N2O3/c1-16(2)24(4)23(28)25-21(26-24)17(3)20(19-13-9-6-10-14-19)22(27)29-15-18-11-7-5-8-12-18/h5,7-8,11-12,16,19H,6,9-10,13-15H2,1-4H3,(H,25,26,28). The van der Waals surface area contributed by atoms with Gasteiger partial charge in [-0.1, -0.05) is 63.4 Å². The van der Waals surface area contributed by atoms with Crippen molar-refractivity contribution in [3.63, 3.8) is 0 Å². The molecule has 1 heterocycles. The molecule has 29 heavy (non-hydrogen) atoms. The highest BCUT2D eigenvalue weighted by molar-refractivity contribution is 6.17. The van der Waals surface area contributed by atoms with Gasteiger partial charge in [-0.2, -0.15) is 0 Å². The molecule has 0 saturated heterocycles. The summed E-state index contributed by atoms with van der Waals surface area (Å²) < 4.78 is 5.69. The molecular formula is C24H32N2O3. The Morgan fingerprint density at radius 3 is 2.45 bits per heavy atom. The molecule has 156 valence electrons. The van der Waals surface area contributed by atoms with E-state index in [9.17, 15) is 9.59 Å². The minimum absolute atomic E-state index is 0.0657.